The number of hydrogen-bond acceptors (Lipinski definition) is 5. The zero-order chi connectivity index (χ0) is 21.0. The number of likely N-dealkylation sites (tertiary alicyclic amines) is 1. The predicted octanol–water partition coefficient (Wildman–Crippen LogP) is 2.75. The molecule has 1 atom stereocenters. The molecule has 2 aromatic carbocycles. The second-order valence-electron chi connectivity index (χ2n) is 7.71. The topological polar surface area (TPSA) is 71.0 Å². The molecule has 2 aromatic rings. The first kappa shape index (κ1) is 22.3. The molecule has 0 aliphatic carbocycles. The predicted molar refractivity (Wildman–Crippen MR) is 116 cm³/mol. The van der Waals surface area contributed by atoms with Crippen LogP contribution in [0.15, 0.2) is 54.6 Å². The number of amides is 1. The molecule has 0 radical (unpaired) electrons. The fraction of sp³-hybridized carbons (Fsp3) is 0.458. The first-order chi connectivity index (χ1) is 14.7. The van der Waals surface area contributed by atoms with Crippen LogP contribution >= 0.6 is 0 Å². The average Bonchev–Trinajstić information content (AvgIpc) is 2.75. The lowest BCUT2D eigenvalue weighted by atomic mass is 10.1. The summed E-state index contributed by atoms with van der Waals surface area (Å²) in [5.74, 6) is 0.722. The summed E-state index contributed by atoms with van der Waals surface area (Å²) in [4.78, 5) is 14.1. The maximum absolute atomic E-state index is 11.8. The molecule has 0 spiro atoms. The molecule has 6 heteroatoms. The fourth-order valence-electron chi connectivity index (χ4n) is 3.54. The molecule has 1 aliphatic heterocycles. The normalized spacial score (nSPS) is 16.9. The zero-order valence-corrected chi connectivity index (χ0v) is 17.5. The van der Waals surface area contributed by atoms with E-state index in [0.29, 0.717) is 19.8 Å². The lowest BCUT2D eigenvalue weighted by Gasteiger charge is -2.30. The summed E-state index contributed by atoms with van der Waals surface area (Å²) in [6.45, 7) is 4.17. The van der Waals surface area contributed by atoms with Crippen LogP contribution in [0.25, 0.3) is 0 Å². The van der Waals surface area contributed by atoms with Gasteiger partial charge in [0.1, 0.15) is 12.4 Å². The Kier molecular flexibility index (Phi) is 9.15. The van der Waals surface area contributed by atoms with Gasteiger partial charge in [0, 0.05) is 19.6 Å². The maximum atomic E-state index is 11.8. The molecule has 30 heavy (non-hydrogen) atoms. The molecule has 3 rings (SSSR count). The van der Waals surface area contributed by atoms with Crippen LogP contribution in [0.2, 0.25) is 0 Å². The number of aliphatic hydroxyl groups is 1. The monoisotopic (exact) mass is 412 g/mol. The van der Waals surface area contributed by atoms with Gasteiger partial charge in [0.15, 0.2) is 0 Å². The van der Waals surface area contributed by atoms with Crippen LogP contribution in [0.5, 0.6) is 5.75 Å². The Hall–Kier alpha value is -2.41. The van der Waals surface area contributed by atoms with E-state index in [1.807, 2.05) is 42.5 Å². The third-order valence-corrected chi connectivity index (χ3v) is 5.04. The third kappa shape index (κ3) is 8.14. The van der Waals surface area contributed by atoms with Crippen LogP contribution in [0, 0.1) is 0 Å². The number of nitrogens with one attached hydrogen (secondary N) is 1. The van der Waals surface area contributed by atoms with Crippen molar-refractivity contribution in [3.63, 3.8) is 0 Å². The Bertz CT molecular complexity index is 769. The Morgan fingerprint density at radius 1 is 1.13 bits per heavy atom. The van der Waals surface area contributed by atoms with Crippen LogP contribution < -0.4 is 10.1 Å². The highest BCUT2D eigenvalue weighted by Gasteiger charge is 2.17. The van der Waals surface area contributed by atoms with E-state index in [1.165, 1.54) is 5.56 Å². The molecular weight excluding hydrogens is 380 g/mol. The number of β-amino-alcohol motifs (C(OH)–C–C–N with tert-alkyl or cyclic N) is 1. The van der Waals surface area contributed by atoms with Crippen molar-refractivity contribution in [2.24, 2.45) is 0 Å². The Balaban J connectivity index is 1.27. The number of carbonyl (C=O) groups is 1. The van der Waals surface area contributed by atoms with Gasteiger partial charge in [0.2, 0.25) is 5.91 Å². The SMILES string of the molecule is O=C(COCc1ccccc1)NCCCOc1cccc(CN2CCCC(O)C2)c1. The molecule has 0 saturated carbocycles. The van der Waals surface area contributed by atoms with E-state index < -0.39 is 0 Å². The van der Waals surface area contributed by atoms with Crippen molar-refractivity contribution < 1.29 is 19.4 Å². The van der Waals surface area contributed by atoms with Gasteiger partial charge in [-0.1, -0.05) is 42.5 Å². The molecule has 1 heterocycles. The van der Waals surface area contributed by atoms with E-state index in [9.17, 15) is 9.90 Å². The number of ether oxygens (including phenoxy) is 2. The van der Waals surface area contributed by atoms with E-state index in [-0.39, 0.29) is 18.6 Å². The third-order valence-electron chi connectivity index (χ3n) is 5.04. The average molecular weight is 413 g/mol. The molecule has 1 saturated heterocycles. The molecule has 6 nitrogen and oxygen atoms in total. The number of aliphatic hydroxyl groups excluding tert-OH is 1. The van der Waals surface area contributed by atoms with E-state index in [2.05, 4.69) is 22.3 Å². The van der Waals surface area contributed by atoms with E-state index in [0.717, 1.165) is 50.2 Å². The molecule has 1 amide bonds. The van der Waals surface area contributed by atoms with E-state index in [1.54, 1.807) is 0 Å². The first-order valence-corrected chi connectivity index (χ1v) is 10.7. The summed E-state index contributed by atoms with van der Waals surface area (Å²) >= 11 is 0. The van der Waals surface area contributed by atoms with Crippen molar-refractivity contribution in [1.29, 1.82) is 0 Å². The van der Waals surface area contributed by atoms with E-state index in [4.69, 9.17) is 9.47 Å². The van der Waals surface area contributed by atoms with Crippen molar-refractivity contribution in [1.82, 2.24) is 10.2 Å². The fourth-order valence-corrected chi connectivity index (χ4v) is 3.54. The van der Waals surface area contributed by atoms with Crippen molar-refractivity contribution in [3.05, 3.63) is 65.7 Å². The number of rotatable bonds is 11. The van der Waals surface area contributed by atoms with Gasteiger partial charge in [0.25, 0.3) is 0 Å². The Morgan fingerprint density at radius 2 is 1.97 bits per heavy atom. The highest BCUT2D eigenvalue weighted by Crippen LogP contribution is 2.18. The molecule has 162 valence electrons. The van der Waals surface area contributed by atoms with Crippen LogP contribution in [0.1, 0.15) is 30.4 Å². The van der Waals surface area contributed by atoms with Gasteiger partial charge in [-0.15, -0.1) is 0 Å². The number of nitrogens with zero attached hydrogens (tertiary/aromatic N) is 1. The highest BCUT2D eigenvalue weighted by molar-refractivity contribution is 5.77. The standard InChI is InChI=1S/C24H32N2O4/c27-22-10-5-13-26(17-22)16-21-9-4-11-23(15-21)30-14-6-12-25-24(28)19-29-18-20-7-2-1-3-8-20/h1-4,7-9,11,15,22,27H,5-6,10,12-14,16-19H2,(H,25,28). The second kappa shape index (κ2) is 12.3. The van der Waals surface area contributed by atoms with Crippen LogP contribution in [-0.4, -0.2) is 54.9 Å². The smallest absolute Gasteiger partial charge is 0.246 e. The lowest BCUT2D eigenvalue weighted by molar-refractivity contribution is -0.126. The minimum Gasteiger partial charge on any atom is -0.494 e. The van der Waals surface area contributed by atoms with Gasteiger partial charge in [-0.3, -0.25) is 9.69 Å². The van der Waals surface area contributed by atoms with Crippen molar-refractivity contribution >= 4 is 5.91 Å². The van der Waals surface area contributed by atoms with Gasteiger partial charge in [-0.25, -0.2) is 0 Å². The Labute approximate surface area is 178 Å². The summed E-state index contributed by atoms with van der Waals surface area (Å²) < 4.78 is 11.3. The van der Waals surface area contributed by atoms with Gasteiger partial charge >= 0.3 is 0 Å². The summed E-state index contributed by atoms with van der Waals surface area (Å²) in [5.41, 5.74) is 2.24. The highest BCUT2D eigenvalue weighted by atomic mass is 16.5. The minimum atomic E-state index is -0.211. The van der Waals surface area contributed by atoms with E-state index >= 15 is 0 Å². The van der Waals surface area contributed by atoms with Crippen LogP contribution in [0.3, 0.4) is 0 Å². The molecular formula is C24H32N2O4. The number of carbonyl (C=O) groups excluding carboxylic acids is 1. The molecule has 0 aromatic heterocycles. The minimum absolute atomic E-state index is 0.0585. The molecule has 1 fully saturated rings. The van der Waals surface area contributed by atoms with Crippen molar-refractivity contribution in [2.45, 2.75) is 38.5 Å². The molecule has 0 bridgehead atoms. The maximum Gasteiger partial charge on any atom is 0.246 e. The second-order valence-corrected chi connectivity index (χ2v) is 7.71. The molecule has 1 aliphatic rings. The summed E-state index contributed by atoms with van der Waals surface area (Å²) in [6, 6.07) is 17.9. The van der Waals surface area contributed by atoms with Gasteiger partial charge in [-0.05, 0) is 49.1 Å². The van der Waals surface area contributed by atoms with Crippen molar-refractivity contribution in [2.75, 3.05) is 32.8 Å². The quantitative estimate of drug-likeness (QED) is 0.556. The van der Waals surface area contributed by atoms with Crippen LogP contribution in [0.4, 0.5) is 0 Å². The van der Waals surface area contributed by atoms with Gasteiger partial charge < -0.3 is 19.9 Å². The summed E-state index contributed by atoms with van der Waals surface area (Å²) in [5, 5.41) is 12.7. The largest absolute Gasteiger partial charge is 0.494 e. The van der Waals surface area contributed by atoms with Crippen LogP contribution in [-0.2, 0) is 22.7 Å². The first-order valence-electron chi connectivity index (χ1n) is 10.7. The number of piperidine rings is 1. The number of benzene rings is 2. The Morgan fingerprint density at radius 3 is 2.80 bits per heavy atom. The van der Waals surface area contributed by atoms with Gasteiger partial charge in [0.05, 0.1) is 19.3 Å². The molecule has 1 unspecified atom stereocenters. The number of hydrogen-bond donors (Lipinski definition) is 2. The zero-order valence-electron chi connectivity index (χ0n) is 17.5. The summed E-state index contributed by atoms with van der Waals surface area (Å²) in [7, 11) is 0. The van der Waals surface area contributed by atoms with Gasteiger partial charge in [-0.2, -0.15) is 0 Å². The summed E-state index contributed by atoms with van der Waals surface area (Å²) in [6.07, 6.45) is 2.46. The van der Waals surface area contributed by atoms with Crippen molar-refractivity contribution in [3.8, 4) is 5.75 Å². The molecule has 2 N–H and O–H groups in total. The lowest BCUT2D eigenvalue weighted by Crippen LogP contribution is -2.37.